The first-order valence-corrected chi connectivity index (χ1v) is 8.65. The molecule has 1 amide bonds. The van der Waals surface area contributed by atoms with E-state index in [-0.39, 0.29) is 11.7 Å². The Kier molecular flexibility index (Phi) is 4.97. The zero-order chi connectivity index (χ0) is 16.2. The lowest BCUT2D eigenvalue weighted by Gasteiger charge is -2.27. The average Bonchev–Trinajstić information content (AvgIpc) is 2.95. The van der Waals surface area contributed by atoms with Crippen molar-refractivity contribution in [3.63, 3.8) is 0 Å². The Morgan fingerprint density at radius 1 is 1.39 bits per heavy atom. The maximum absolute atomic E-state index is 12.3. The van der Waals surface area contributed by atoms with Gasteiger partial charge in [-0.1, -0.05) is 0 Å². The normalized spacial score (nSPS) is 15.1. The maximum Gasteiger partial charge on any atom is 0.289 e. The van der Waals surface area contributed by atoms with Gasteiger partial charge < -0.3 is 15.0 Å². The Morgan fingerprint density at radius 3 is 2.91 bits per heavy atom. The standard InChI is InChI=1S/C14H20N6O2S/c1-19-9-10-11(18-19)16-12(14(21)15-3-6-22-2)17-13(10)20-4-7-23-8-5-20/h9H,3-8H2,1-2H3,(H,15,21). The first-order valence-electron chi connectivity index (χ1n) is 7.50. The van der Waals surface area contributed by atoms with Gasteiger partial charge in [0.15, 0.2) is 5.65 Å². The van der Waals surface area contributed by atoms with Crippen molar-refractivity contribution in [1.82, 2.24) is 25.1 Å². The fourth-order valence-electron chi connectivity index (χ4n) is 2.47. The minimum Gasteiger partial charge on any atom is -0.383 e. The van der Waals surface area contributed by atoms with Crippen molar-refractivity contribution in [3.8, 4) is 0 Å². The first kappa shape index (κ1) is 16.0. The second kappa shape index (κ2) is 7.14. The van der Waals surface area contributed by atoms with Crippen LogP contribution in [-0.2, 0) is 11.8 Å². The minimum absolute atomic E-state index is 0.153. The van der Waals surface area contributed by atoms with Crippen molar-refractivity contribution in [3.05, 3.63) is 12.0 Å². The SMILES string of the molecule is COCCNC(=O)c1nc(N2CCSCC2)c2cn(C)nc2n1. The van der Waals surface area contributed by atoms with Crippen molar-refractivity contribution < 1.29 is 9.53 Å². The van der Waals surface area contributed by atoms with E-state index < -0.39 is 0 Å². The second-order valence-corrected chi connectivity index (χ2v) is 6.48. The van der Waals surface area contributed by atoms with E-state index >= 15 is 0 Å². The predicted molar refractivity (Wildman–Crippen MR) is 90.1 cm³/mol. The highest BCUT2D eigenvalue weighted by Gasteiger charge is 2.21. The molecule has 1 saturated heterocycles. The molecule has 0 aliphatic carbocycles. The Hall–Kier alpha value is -1.87. The summed E-state index contributed by atoms with van der Waals surface area (Å²) in [4.78, 5) is 23.3. The fraction of sp³-hybridized carbons (Fsp3) is 0.571. The van der Waals surface area contributed by atoms with Crippen LogP contribution in [0.25, 0.3) is 11.0 Å². The molecule has 0 saturated carbocycles. The number of nitrogens with one attached hydrogen (secondary N) is 1. The van der Waals surface area contributed by atoms with Crippen LogP contribution in [0.5, 0.6) is 0 Å². The van der Waals surface area contributed by atoms with Crippen LogP contribution in [0.3, 0.4) is 0 Å². The van der Waals surface area contributed by atoms with Gasteiger partial charge in [0.25, 0.3) is 5.91 Å². The number of carbonyl (C=O) groups excluding carboxylic acids is 1. The summed E-state index contributed by atoms with van der Waals surface area (Å²) in [5.74, 6) is 2.76. The van der Waals surface area contributed by atoms with Gasteiger partial charge in [0, 0.05) is 51.5 Å². The molecular weight excluding hydrogens is 316 g/mol. The van der Waals surface area contributed by atoms with Crippen LogP contribution in [0.15, 0.2) is 6.20 Å². The highest BCUT2D eigenvalue weighted by Crippen LogP contribution is 2.25. The minimum atomic E-state index is -0.303. The molecule has 0 aromatic carbocycles. The quantitative estimate of drug-likeness (QED) is 0.786. The van der Waals surface area contributed by atoms with Crippen LogP contribution in [0.2, 0.25) is 0 Å². The molecule has 8 nitrogen and oxygen atoms in total. The number of hydrogen-bond donors (Lipinski definition) is 1. The molecular formula is C14H20N6O2S. The van der Waals surface area contributed by atoms with E-state index in [1.807, 2.05) is 25.0 Å². The lowest BCUT2D eigenvalue weighted by atomic mass is 10.3. The summed E-state index contributed by atoms with van der Waals surface area (Å²) in [6, 6.07) is 0. The van der Waals surface area contributed by atoms with Gasteiger partial charge in [0.2, 0.25) is 5.82 Å². The van der Waals surface area contributed by atoms with E-state index in [1.54, 1.807) is 11.8 Å². The van der Waals surface area contributed by atoms with Gasteiger partial charge in [-0.15, -0.1) is 0 Å². The zero-order valence-corrected chi connectivity index (χ0v) is 14.1. The lowest BCUT2D eigenvalue weighted by molar-refractivity contribution is 0.0927. The smallest absolute Gasteiger partial charge is 0.289 e. The van der Waals surface area contributed by atoms with Crippen molar-refractivity contribution in [1.29, 1.82) is 0 Å². The summed E-state index contributed by atoms with van der Waals surface area (Å²) in [5, 5.41) is 7.97. The first-order chi connectivity index (χ1) is 11.2. The molecule has 0 bridgehead atoms. The summed E-state index contributed by atoms with van der Waals surface area (Å²) in [6.07, 6.45) is 1.90. The highest BCUT2D eigenvalue weighted by atomic mass is 32.2. The van der Waals surface area contributed by atoms with Gasteiger partial charge >= 0.3 is 0 Å². The molecule has 124 valence electrons. The molecule has 9 heteroatoms. The molecule has 0 spiro atoms. The molecule has 2 aromatic heterocycles. The van der Waals surface area contributed by atoms with Crippen LogP contribution >= 0.6 is 11.8 Å². The lowest BCUT2D eigenvalue weighted by Crippen LogP contribution is -2.34. The molecule has 1 N–H and O–H groups in total. The van der Waals surface area contributed by atoms with E-state index in [0.717, 1.165) is 35.8 Å². The summed E-state index contributed by atoms with van der Waals surface area (Å²) in [5.41, 5.74) is 0.549. The molecule has 3 rings (SSSR count). The van der Waals surface area contributed by atoms with Crippen molar-refractivity contribution >= 4 is 34.5 Å². The summed E-state index contributed by atoms with van der Waals surface area (Å²) < 4.78 is 6.64. The van der Waals surface area contributed by atoms with Gasteiger partial charge in [-0.2, -0.15) is 16.9 Å². The number of thioether (sulfide) groups is 1. The maximum atomic E-state index is 12.3. The van der Waals surface area contributed by atoms with Crippen LogP contribution in [0, 0.1) is 0 Å². The number of amides is 1. The molecule has 1 aliphatic rings. The van der Waals surface area contributed by atoms with Crippen molar-refractivity contribution in [2.24, 2.45) is 7.05 Å². The molecule has 23 heavy (non-hydrogen) atoms. The number of fused-ring (bicyclic) bond motifs is 1. The van der Waals surface area contributed by atoms with Gasteiger partial charge in [0.05, 0.1) is 12.0 Å². The van der Waals surface area contributed by atoms with Gasteiger partial charge in [-0.25, -0.2) is 9.97 Å². The fourth-order valence-corrected chi connectivity index (χ4v) is 3.37. The van der Waals surface area contributed by atoms with E-state index in [4.69, 9.17) is 4.74 Å². The predicted octanol–water partition coefficient (Wildman–Crippen LogP) is 0.293. The van der Waals surface area contributed by atoms with E-state index in [2.05, 4.69) is 25.3 Å². The molecule has 1 aliphatic heterocycles. The molecule has 3 heterocycles. The average molecular weight is 336 g/mol. The van der Waals surface area contributed by atoms with Gasteiger partial charge in [0.1, 0.15) is 5.82 Å². The zero-order valence-electron chi connectivity index (χ0n) is 13.3. The van der Waals surface area contributed by atoms with Crippen LogP contribution in [0.4, 0.5) is 5.82 Å². The number of anilines is 1. The van der Waals surface area contributed by atoms with Gasteiger partial charge in [-0.3, -0.25) is 9.48 Å². The molecule has 0 radical (unpaired) electrons. The highest BCUT2D eigenvalue weighted by molar-refractivity contribution is 7.99. The van der Waals surface area contributed by atoms with E-state index in [9.17, 15) is 4.79 Å². The third kappa shape index (κ3) is 3.56. The second-order valence-electron chi connectivity index (χ2n) is 5.26. The Balaban J connectivity index is 1.94. The van der Waals surface area contributed by atoms with Crippen molar-refractivity contribution in [2.75, 3.05) is 49.8 Å². The van der Waals surface area contributed by atoms with Crippen LogP contribution in [0.1, 0.15) is 10.6 Å². The summed E-state index contributed by atoms with van der Waals surface area (Å²) >= 11 is 1.93. The third-order valence-electron chi connectivity index (χ3n) is 3.58. The number of carbonyl (C=O) groups is 1. The van der Waals surface area contributed by atoms with Crippen LogP contribution in [-0.4, -0.2) is 70.5 Å². The number of aryl methyl sites for hydroxylation is 1. The Bertz CT molecular complexity index is 698. The van der Waals surface area contributed by atoms with Crippen LogP contribution < -0.4 is 10.2 Å². The molecule has 0 atom stereocenters. The number of ether oxygens (including phenoxy) is 1. The Labute approximate surface area is 138 Å². The van der Waals surface area contributed by atoms with E-state index in [1.165, 1.54) is 0 Å². The summed E-state index contributed by atoms with van der Waals surface area (Å²) in [6.45, 7) is 2.70. The molecule has 1 fully saturated rings. The monoisotopic (exact) mass is 336 g/mol. The number of nitrogens with zero attached hydrogens (tertiary/aromatic N) is 5. The van der Waals surface area contributed by atoms with E-state index in [0.29, 0.717) is 18.8 Å². The number of aromatic nitrogens is 4. The number of hydrogen-bond acceptors (Lipinski definition) is 7. The number of methoxy groups -OCH3 is 1. The Morgan fingerprint density at radius 2 is 2.17 bits per heavy atom. The number of rotatable bonds is 5. The van der Waals surface area contributed by atoms with Crippen molar-refractivity contribution in [2.45, 2.75) is 0 Å². The molecule has 0 unspecified atom stereocenters. The molecule has 2 aromatic rings. The third-order valence-corrected chi connectivity index (χ3v) is 4.52. The van der Waals surface area contributed by atoms with Gasteiger partial charge in [-0.05, 0) is 0 Å². The summed E-state index contributed by atoms with van der Waals surface area (Å²) in [7, 11) is 3.44. The largest absolute Gasteiger partial charge is 0.383 e. The topological polar surface area (TPSA) is 85.2 Å².